The van der Waals surface area contributed by atoms with Crippen LogP contribution in [0.2, 0.25) is 0 Å². The van der Waals surface area contributed by atoms with Gasteiger partial charge < -0.3 is 9.67 Å². The average Bonchev–Trinajstić information content (AvgIpc) is 3.12. The Hall–Kier alpha value is -1.84. The van der Waals surface area contributed by atoms with Gasteiger partial charge in [-0.1, -0.05) is 20.8 Å². The molecule has 1 fully saturated rings. The molecule has 4 heteroatoms. The van der Waals surface area contributed by atoms with Gasteiger partial charge in [0.1, 0.15) is 5.82 Å². The minimum Gasteiger partial charge on any atom is -0.478 e. The van der Waals surface area contributed by atoms with Crippen LogP contribution in [0.15, 0.2) is 18.2 Å². The summed E-state index contributed by atoms with van der Waals surface area (Å²) in [5.74, 6) is 0.778. The van der Waals surface area contributed by atoms with E-state index < -0.39 is 5.97 Å². The number of benzene rings is 1. The highest BCUT2D eigenvalue weighted by Gasteiger charge is 2.30. The number of fused-ring (bicyclic) bond motifs is 1. The van der Waals surface area contributed by atoms with Crippen molar-refractivity contribution in [3.05, 3.63) is 29.6 Å². The molecule has 1 aliphatic rings. The van der Waals surface area contributed by atoms with Crippen LogP contribution in [0, 0.1) is 5.41 Å². The van der Waals surface area contributed by atoms with E-state index in [0.29, 0.717) is 11.5 Å². The second-order valence-electron chi connectivity index (χ2n) is 6.90. The van der Waals surface area contributed by atoms with E-state index in [-0.39, 0.29) is 5.41 Å². The van der Waals surface area contributed by atoms with Crippen LogP contribution < -0.4 is 0 Å². The topological polar surface area (TPSA) is 55.1 Å². The predicted molar refractivity (Wildman–Crippen MR) is 78.1 cm³/mol. The fraction of sp³-hybridized carbons (Fsp3) is 0.500. The molecule has 0 saturated heterocycles. The Kier molecular flexibility index (Phi) is 2.85. The van der Waals surface area contributed by atoms with Gasteiger partial charge in [-0.3, -0.25) is 0 Å². The summed E-state index contributed by atoms with van der Waals surface area (Å²) >= 11 is 0. The molecule has 0 aliphatic heterocycles. The second kappa shape index (κ2) is 4.33. The molecule has 0 bridgehead atoms. The van der Waals surface area contributed by atoms with Crippen molar-refractivity contribution in [2.24, 2.45) is 5.41 Å². The van der Waals surface area contributed by atoms with E-state index in [0.717, 1.165) is 23.4 Å². The Labute approximate surface area is 118 Å². The molecule has 0 radical (unpaired) electrons. The number of hydrogen-bond acceptors (Lipinski definition) is 2. The van der Waals surface area contributed by atoms with Gasteiger partial charge in [-0.25, -0.2) is 9.78 Å². The number of aromatic nitrogens is 2. The molecule has 0 amide bonds. The fourth-order valence-corrected chi connectivity index (χ4v) is 2.58. The van der Waals surface area contributed by atoms with Crippen molar-refractivity contribution in [2.75, 3.05) is 0 Å². The Balaban J connectivity index is 2.14. The number of hydrogen-bond donors (Lipinski definition) is 1. The van der Waals surface area contributed by atoms with Crippen molar-refractivity contribution in [2.45, 2.75) is 46.1 Å². The summed E-state index contributed by atoms with van der Waals surface area (Å²) in [7, 11) is 0. The van der Waals surface area contributed by atoms with Gasteiger partial charge in [0.2, 0.25) is 0 Å². The van der Waals surface area contributed by atoms with E-state index in [1.165, 1.54) is 12.8 Å². The molecule has 1 N–H and O–H groups in total. The molecule has 3 rings (SSSR count). The number of rotatable bonds is 3. The normalized spacial score (nSPS) is 15.8. The number of nitrogens with zero attached hydrogens (tertiary/aromatic N) is 2. The lowest BCUT2D eigenvalue weighted by Gasteiger charge is -2.21. The van der Waals surface area contributed by atoms with E-state index in [2.05, 4.69) is 25.3 Å². The Morgan fingerprint density at radius 1 is 1.40 bits per heavy atom. The molecular weight excluding hydrogens is 252 g/mol. The van der Waals surface area contributed by atoms with Crippen molar-refractivity contribution in [1.82, 2.24) is 9.55 Å². The van der Waals surface area contributed by atoms with Crippen LogP contribution in [-0.2, 0) is 6.54 Å². The summed E-state index contributed by atoms with van der Waals surface area (Å²) in [4.78, 5) is 15.8. The van der Waals surface area contributed by atoms with Gasteiger partial charge in [-0.15, -0.1) is 0 Å². The molecule has 1 heterocycles. The molecule has 20 heavy (non-hydrogen) atoms. The molecule has 1 aliphatic carbocycles. The van der Waals surface area contributed by atoms with Gasteiger partial charge in [0, 0.05) is 12.5 Å². The Morgan fingerprint density at radius 3 is 2.65 bits per heavy atom. The van der Waals surface area contributed by atoms with E-state index in [1.807, 2.05) is 6.07 Å². The minimum atomic E-state index is -0.898. The number of carboxylic acids is 1. The van der Waals surface area contributed by atoms with Gasteiger partial charge in [-0.05, 0) is 36.5 Å². The number of carbonyl (C=O) groups is 1. The van der Waals surface area contributed by atoms with Gasteiger partial charge >= 0.3 is 5.97 Å². The molecule has 0 unspecified atom stereocenters. The predicted octanol–water partition coefficient (Wildman–Crippen LogP) is 3.66. The SMILES string of the molecule is CC(C)(C)Cn1c(C2CC2)nc2cc(C(=O)O)ccc21. The number of aromatic carboxylic acids is 1. The first-order valence-corrected chi connectivity index (χ1v) is 7.09. The minimum absolute atomic E-state index is 0.169. The Bertz CT molecular complexity index is 676. The number of imidazole rings is 1. The first-order chi connectivity index (χ1) is 9.35. The van der Waals surface area contributed by atoms with E-state index in [1.54, 1.807) is 12.1 Å². The lowest BCUT2D eigenvalue weighted by atomic mass is 9.96. The van der Waals surface area contributed by atoms with Gasteiger partial charge in [0.15, 0.2) is 0 Å². The second-order valence-corrected chi connectivity index (χ2v) is 6.90. The van der Waals surface area contributed by atoms with Gasteiger partial charge in [-0.2, -0.15) is 0 Å². The molecule has 0 atom stereocenters. The molecular formula is C16H20N2O2. The lowest BCUT2D eigenvalue weighted by molar-refractivity contribution is 0.0697. The molecule has 1 aromatic heterocycles. The molecule has 4 nitrogen and oxygen atoms in total. The van der Waals surface area contributed by atoms with Crippen LogP contribution in [0.25, 0.3) is 11.0 Å². The zero-order valence-corrected chi connectivity index (χ0v) is 12.2. The monoisotopic (exact) mass is 272 g/mol. The van der Waals surface area contributed by atoms with Gasteiger partial charge in [0.05, 0.1) is 16.6 Å². The zero-order chi connectivity index (χ0) is 14.5. The third-order valence-electron chi connectivity index (χ3n) is 3.60. The highest BCUT2D eigenvalue weighted by atomic mass is 16.4. The quantitative estimate of drug-likeness (QED) is 0.927. The number of carboxylic acid groups (broad SMARTS) is 1. The van der Waals surface area contributed by atoms with Crippen LogP contribution in [-0.4, -0.2) is 20.6 Å². The molecule has 106 valence electrons. The smallest absolute Gasteiger partial charge is 0.335 e. The maximum Gasteiger partial charge on any atom is 0.335 e. The lowest BCUT2D eigenvalue weighted by Crippen LogP contribution is -2.17. The molecule has 1 saturated carbocycles. The largest absolute Gasteiger partial charge is 0.478 e. The van der Waals surface area contributed by atoms with Crippen LogP contribution in [0.4, 0.5) is 0 Å². The van der Waals surface area contributed by atoms with E-state index in [4.69, 9.17) is 10.1 Å². The molecule has 1 aromatic carbocycles. The Morgan fingerprint density at radius 2 is 2.10 bits per heavy atom. The highest BCUT2D eigenvalue weighted by Crippen LogP contribution is 2.41. The van der Waals surface area contributed by atoms with Crippen molar-refractivity contribution in [3.63, 3.8) is 0 Å². The summed E-state index contributed by atoms with van der Waals surface area (Å²) in [6.07, 6.45) is 2.39. The average molecular weight is 272 g/mol. The van der Waals surface area contributed by atoms with E-state index >= 15 is 0 Å². The zero-order valence-electron chi connectivity index (χ0n) is 12.2. The van der Waals surface area contributed by atoms with E-state index in [9.17, 15) is 4.79 Å². The van der Waals surface area contributed by atoms with Crippen LogP contribution in [0.1, 0.15) is 55.7 Å². The summed E-state index contributed by atoms with van der Waals surface area (Å²) in [6, 6.07) is 5.24. The standard InChI is InChI=1S/C16H20N2O2/c1-16(2,3)9-18-13-7-6-11(15(19)20)8-12(13)17-14(18)10-4-5-10/h6-8,10H,4-5,9H2,1-3H3,(H,19,20). The maximum atomic E-state index is 11.1. The summed E-state index contributed by atoms with van der Waals surface area (Å²) in [6.45, 7) is 7.53. The first kappa shape index (κ1) is 13.2. The third kappa shape index (κ3) is 2.42. The first-order valence-electron chi connectivity index (χ1n) is 7.09. The van der Waals surface area contributed by atoms with Crippen LogP contribution in [0.5, 0.6) is 0 Å². The van der Waals surface area contributed by atoms with Crippen molar-refractivity contribution < 1.29 is 9.90 Å². The van der Waals surface area contributed by atoms with Crippen molar-refractivity contribution >= 4 is 17.0 Å². The summed E-state index contributed by atoms with van der Waals surface area (Å²) in [5, 5.41) is 9.09. The molecule has 0 spiro atoms. The maximum absolute atomic E-state index is 11.1. The van der Waals surface area contributed by atoms with Crippen molar-refractivity contribution in [3.8, 4) is 0 Å². The summed E-state index contributed by atoms with van der Waals surface area (Å²) in [5.41, 5.74) is 2.33. The van der Waals surface area contributed by atoms with Crippen LogP contribution >= 0.6 is 0 Å². The summed E-state index contributed by atoms with van der Waals surface area (Å²) < 4.78 is 2.28. The highest BCUT2D eigenvalue weighted by molar-refractivity contribution is 5.92. The molecule has 2 aromatic rings. The van der Waals surface area contributed by atoms with Crippen molar-refractivity contribution in [1.29, 1.82) is 0 Å². The fourth-order valence-electron chi connectivity index (χ4n) is 2.58. The van der Waals surface area contributed by atoms with Gasteiger partial charge in [0.25, 0.3) is 0 Å². The third-order valence-corrected chi connectivity index (χ3v) is 3.60. The van der Waals surface area contributed by atoms with Crippen LogP contribution in [0.3, 0.4) is 0 Å².